The molecule has 0 aliphatic carbocycles. The van der Waals surface area contributed by atoms with E-state index in [0.29, 0.717) is 0 Å². The van der Waals surface area contributed by atoms with Gasteiger partial charge in [0.25, 0.3) is 0 Å². The van der Waals surface area contributed by atoms with Gasteiger partial charge in [0.15, 0.2) is 0 Å². The Labute approximate surface area is 42.6 Å². The summed E-state index contributed by atoms with van der Waals surface area (Å²) in [5, 5.41) is 0. The fourth-order valence-electron chi connectivity index (χ4n) is 0.190. The molecule has 0 fully saturated rings. The lowest BCUT2D eigenvalue weighted by Gasteiger charge is -1.76. The SMILES string of the molecule is C=C(F)N=CCC. The van der Waals surface area contributed by atoms with Crippen LogP contribution in [0, 0.1) is 0 Å². The van der Waals surface area contributed by atoms with Gasteiger partial charge in [-0.05, 0) is 13.0 Å². The zero-order valence-corrected chi connectivity index (χ0v) is 4.32. The van der Waals surface area contributed by atoms with Crippen LogP contribution in [0.1, 0.15) is 13.3 Å². The Balaban J connectivity index is 3.26. The predicted octanol–water partition coefficient (Wildman–Crippen LogP) is 1.91. The molecule has 0 aliphatic rings. The summed E-state index contributed by atoms with van der Waals surface area (Å²) in [6.07, 6.45) is 2.23. The topological polar surface area (TPSA) is 12.4 Å². The lowest BCUT2D eigenvalue weighted by atomic mass is 10.5. The van der Waals surface area contributed by atoms with Crippen LogP contribution < -0.4 is 0 Å². The maximum absolute atomic E-state index is 11.5. The van der Waals surface area contributed by atoms with Crippen molar-refractivity contribution in [3.63, 3.8) is 0 Å². The first-order valence-electron chi connectivity index (χ1n) is 2.14. The molecule has 0 N–H and O–H groups in total. The van der Waals surface area contributed by atoms with Crippen molar-refractivity contribution in [3.8, 4) is 0 Å². The monoisotopic (exact) mass is 101 g/mol. The van der Waals surface area contributed by atoms with Crippen molar-refractivity contribution in [2.45, 2.75) is 13.3 Å². The van der Waals surface area contributed by atoms with Crippen LogP contribution in [0.4, 0.5) is 4.39 Å². The summed E-state index contributed by atoms with van der Waals surface area (Å²) >= 11 is 0. The second-order valence-corrected chi connectivity index (χ2v) is 1.10. The van der Waals surface area contributed by atoms with Gasteiger partial charge in [-0.1, -0.05) is 6.92 Å². The highest BCUT2D eigenvalue weighted by Gasteiger charge is 1.73. The fraction of sp³-hybridized carbons (Fsp3) is 0.400. The van der Waals surface area contributed by atoms with E-state index in [-0.39, 0.29) is 0 Å². The molecule has 0 saturated carbocycles. The van der Waals surface area contributed by atoms with Crippen molar-refractivity contribution < 1.29 is 4.39 Å². The van der Waals surface area contributed by atoms with Crippen LogP contribution in [0.2, 0.25) is 0 Å². The van der Waals surface area contributed by atoms with Crippen molar-refractivity contribution in [2.24, 2.45) is 4.99 Å². The Hall–Kier alpha value is -0.660. The van der Waals surface area contributed by atoms with Gasteiger partial charge in [0.1, 0.15) is 0 Å². The number of halogens is 1. The van der Waals surface area contributed by atoms with E-state index in [1.807, 2.05) is 6.92 Å². The number of hydrogen-bond donors (Lipinski definition) is 0. The summed E-state index contributed by atoms with van der Waals surface area (Å²) in [4.78, 5) is 3.26. The average molecular weight is 101 g/mol. The van der Waals surface area contributed by atoms with E-state index in [1.165, 1.54) is 6.21 Å². The number of nitrogens with zero attached hydrogens (tertiary/aromatic N) is 1. The number of aliphatic imine (C=N–C) groups is 1. The molecule has 0 radical (unpaired) electrons. The first-order chi connectivity index (χ1) is 3.27. The minimum atomic E-state index is -0.623. The van der Waals surface area contributed by atoms with E-state index in [4.69, 9.17) is 0 Å². The summed E-state index contributed by atoms with van der Waals surface area (Å²) in [5.74, 6) is -0.623. The van der Waals surface area contributed by atoms with E-state index >= 15 is 0 Å². The zero-order valence-electron chi connectivity index (χ0n) is 4.32. The molecule has 0 saturated heterocycles. The molecule has 0 atom stereocenters. The van der Waals surface area contributed by atoms with Crippen LogP contribution in [0.3, 0.4) is 0 Å². The van der Waals surface area contributed by atoms with E-state index in [2.05, 4.69) is 11.6 Å². The van der Waals surface area contributed by atoms with E-state index in [9.17, 15) is 4.39 Å². The highest BCUT2D eigenvalue weighted by molar-refractivity contribution is 5.57. The maximum atomic E-state index is 11.5. The smallest absolute Gasteiger partial charge is 0.205 e. The van der Waals surface area contributed by atoms with Crippen LogP contribution in [0.25, 0.3) is 0 Å². The molecular weight excluding hydrogens is 93.1 g/mol. The van der Waals surface area contributed by atoms with Gasteiger partial charge in [0, 0.05) is 6.21 Å². The molecule has 0 aromatic heterocycles. The largest absolute Gasteiger partial charge is 0.233 e. The molecule has 0 spiro atoms. The van der Waals surface area contributed by atoms with Crippen molar-refractivity contribution in [2.75, 3.05) is 0 Å². The van der Waals surface area contributed by atoms with Crippen molar-refractivity contribution in [3.05, 3.63) is 12.5 Å². The van der Waals surface area contributed by atoms with E-state index in [0.717, 1.165) is 6.42 Å². The summed E-state index contributed by atoms with van der Waals surface area (Å²) in [7, 11) is 0. The van der Waals surface area contributed by atoms with Gasteiger partial charge in [0.05, 0.1) is 0 Å². The summed E-state index contributed by atoms with van der Waals surface area (Å²) < 4.78 is 11.5. The summed E-state index contributed by atoms with van der Waals surface area (Å²) in [5.41, 5.74) is 0. The van der Waals surface area contributed by atoms with Crippen LogP contribution in [-0.4, -0.2) is 6.21 Å². The molecule has 1 nitrogen and oxygen atoms in total. The highest BCUT2D eigenvalue weighted by Crippen LogP contribution is 1.89. The Kier molecular flexibility index (Phi) is 3.19. The number of rotatable bonds is 2. The first kappa shape index (κ1) is 6.34. The van der Waals surface area contributed by atoms with E-state index < -0.39 is 5.95 Å². The van der Waals surface area contributed by atoms with Gasteiger partial charge in [-0.3, -0.25) is 0 Å². The summed E-state index contributed by atoms with van der Waals surface area (Å²) in [6, 6.07) is 0. The Morgan fingerprint density at radius 2 is 2.57 bits per heavy atom. The minimum Gasteiger partial charge on any atom is -0.233 e. The van der Waals surface area contributed by atoms with Gasteiger partial charge < -0.3 is 0 Å². The lowest BCUT2D eigenvalue weighted by molar-refractivity contribution is 0.633. The second kappa shape index (κ2) is 3.53. The van der Waals surface area contributed by atoms with Crippen molar-refractivity contribution in [1.29, 1.82) is 0 Å². The van der Waals surface area contributed by atoms with Crippen LogP contribution in [0.5, 0.6) is 0 Å². The zero-order chi connectivity index (χ0) is 5.70. The third-order valence-electron chi connectivity index (χ3n) is 0.414. The molecule has 0 rings (SSSR count). The molecule has 0 bridgehead atoms. The normalized spacial score (nSPS) is 10.0. The van der Waals surface area contributed by atoms with Crippen LogP contribution in [-0.2, 0) is 0 Å². The van der Waals surface area contributed by atoms with E-state index in [1.54, 1.807) is 0 Å². The van der Waals surface area contributed by atoms with Gasteiger partial charge in [-0.15, -0.1) is 0 Å². The standard InChI is InChI=1S/C5H8FN/c1-3-4-7-5(2)6/h4H,2-3H2,1H3. The average Bonchev–Trinajstić information content (AvgIpc) is 1.61. The minimum absolute atomic E-state index is 0.623. The van der Waals surface area contributed by atoms with Gasteiger partial charge >= 0.3 is 0 Å². The fourth-order valence-corrected chi connectivity index (χ4v) is 0.190. The quantitative estimate of drug-likeness (QED) is 0.372. The highest BCUT2D eigenvalue weighted by atomic mass is 19.1. The lowest BCUT2D eigenvalue weighted by Crippen LogP contribution is -1.65. The molecule has 2 heteroatoms. The molecule has 0 aromatic rings. The summed E-state index contributed by atoms with van der Waals surface area (Å²) in [6.45, 7) is 4.81. The van der Waals surface area contributed by atoms with Gasteiger partial charge in [-0.25, -0.2) is 4.99 Å². The number of hydrogen-bond acceptors (Lipinski definition) is 1. The Morgan fingerprint density at radius 1 is 2.00 bits per heavy atom. The third-order valence-corrected chi connectivity index (χ3v) is 0.414. The third kappa shape index (κ3) is 5.34. The van der Waals surface area contributed by atoms with Crippen LogP contribution >= 0.6 is 0 Å². The first-order valence-corrected chi connectivity index (χ1v) is 2.14. The maximum Gasteiger partial charge on any atom is 0.205 e. The molecule has 0 aliphatic heterocycles. The molecule has 0 amide bonds. The second-order valence-electron chi connectivity index (χ2n) is 1.10. The molecule has 0 heterocycles. The molecule has 40 valence electrons. The van der Waals surface area contributed by atoms with Gasteiger partial charge in [0.2, 0.25) is 5.95 Å². The van der Waals surface area contributed by atoms with Crippen molar-refractivity contribution >= 4 is 6.21 Å². The predicted molar refractivity (Wildman–Crippen MR) is 29.0 cm³/mol. The Morgan fingerprint density at radius 3 is 2.71 bits per heavy atom. The molecular formula is C5H8FN. The molecule has 0 unspecified atom stereocenters. The van der Waals surface area contributed by atoms with Crippen molar-refractivity contribution in [1.82, 2.24) is 0 Å². The van der Waals surface area contributed by atoms with Crippen LogP contribution in [0.15, 0.2) is 17.5 Å². The molecule has 7 heavy (non-hydrogen) atoms. The Bertz CT molecular complexity index is 86.1. The van der Waals surface area contributed by atoms with Gasteiger partial charge in [-0.2, -0.15) is 4.39 Å². The molecule has 0 aromatic carbocycles.